The summed E-state index contributed by atoms with van der Waals surface area (Å²) in [4.78, 5) is 42.8. The standard InChI is InChI=1S/C46H62N12/c1-29-23-31(3)41-39(25-29)51-43(53-41)37-27-47-45(49-33(37)5)57(17-9-11-35-13-19-55(7)20-14-35)58(18-10-12-36-15-21-56(8)22-16-36)46-48-28-38(34(6)50-46)44-52-40-26-30(2)24-32(4)42(40)54-44/h23-28,35-36H,9-22H2,1-8H3,(H,51,53)(H,52,54). The van der Waals surface area contributed by atoms with Gasteiger partial charge in [0.1, 0.15) is 11.6 Å². The number of imidazole rings is 2. The van der Waals surface area contributed by atoms with E-state index in [2.05, 4.69) is 110 Å². The number of H-pyrrole nitrogens is 2. The van der Waals surface area contributed by atoms with Crippen molar-refractivity contribution in [1.82, 2.24) is 49.7 Å². The molecule has 2 aliphatic heterocycles. The Morgan fingerprint density at radius 2 is 0.966 bits per heavy atom. The number of rotatable bonds is 13. The van der Waals surface area contributed by atoms with E-state index in [1.165, 1.54) is 75.8 Å². The van der Waals surface area contributed by atoms with Crippen molar-refractivity contribution in [1.29, 1.82) is 0 Å². The molecule has 0 spiro atoms. The van der Waals surface area contributed by atoms with Crippen molar-refractivity contribution in [2.45, 2.75) is 92.9 Å². The number of aryl methyl sites for hydroxylation is 6. The molecule has 6 aromatic rings. The van der Waals surface area contributed by atoms with E-state index >= 15 is 0 Å². The topological polar surface area (TPSA) is 122 Å². The number of nitrogens with one attached hydrogen (secondary N) is 2. The first-order valence-electron chi connectivity index (χ1n) is 21.5. The Balaban J connectivity index is 1.14. The van der Waals surface area contributed by atoms with Gasteiger partial charge in [-0.05, 0) is 179 Å². The van der Waals surface area contributed by atoms with E-state index in [0.717, 1.165) is 105 Å². The van der Waals surface area contributed by atoms with Crippen molar-refractivity contribution in [3.8, 4) is 22.8 Å². The Morgan fingerprint density at radius 1 is 0.569 bits per heavy atom. The number of fused-ring (bicyclic) bond motifs is 2. The van der Waals surface area contributed by atoms with Crippen LogP contribution in [0.2, 0.25) is 0 Å². The van der Waals surface area contributed by atoms with Crippen molar-refractivity contribution < 1.29 is 0 Å². The van der Waals surface area contributed by atoms with Gasteiger partial charge in [-0.15, -0.1) is 0 Å². The van der Waals surface area contributed by atoms with E-state index in [0.29, 0.717) is 11.9 Å². The Bertz CT molecular complexity index is 2200. The van der Waals surface area contributed by atoms with Crippen LogP contribution in [0.15, 0.2) is 36.7 Å². The summed E-state index contributed by atoms with van der Waals surface area (Å²) in [6.45, 7) is 18.8. The summed E-state index contributed by atoms with van der Waals surface area (Å²) < 4.78 is 0. The molecule has 0 aliphatic carbocycles. The van der Waals surface area contributed by atoms with Crippen molar-refractivity contribution in [2.24, 2.45) is 11.8 Å². The lowest BCUT2D eigenvalue weighted by atomic mass is 9.92. The van der Waals surface area contributed by atoms with Crippen LogP contribution in [0, 0.1) is 53.4 Å². The van der Waals surface area contributed by atoms with Gasteiger partial charge in [0.05, 0.1) is 44.6 Å². The maximum absolute atomic E-state index is 5.25. The molecule has 2 saturated heterocycles. The first-order valence-corrected chi connectivity index (χ1v) is 21.5. The molecule has 0 atom stereocenters. The second-order valence-electron chi connectivity index (χ2n) is 17.5. The van der Waals surface area contributed by atoms with Gasteiger partial charge in [-0.2, -0.15) is 0 Å². The quantitative estimate of drug-likeness (QED) is 0.110. The molecule has 0 saturated carbocycles. The highest BCUT2D eigenvalue weighted by atomic mass is 15.7. The number of hydrogen-bond donors (Lipinski definition) is 2. The van der Waals surface area contributed by atoms with Crippen LogP contribution in [0.4, 0.5) is 11.9 Å². The number of piperidine rings is 2. The monoisotopic (exact) mass is 783 g/mol. The number of aromatic amines is 2. The summed E-state index contributed by atoms with van der Waals surface area (Å²) in [5, 5.41) is 4.54. The van der Waals surface area contributed by atoms with E-state index in [-0.39, 0.29) is 0 Å². The summed E-state index contributed by atoms with van der Waals surface area (Å²) >= 11 is 0. The number of hydrazine groups is 1. The lowest BCUT2D eigenvalue weighted by Crippen LogP contribution is -2.47. The Morgan fingerprint density at radius 3 is 1.34 bits per heavy atom. The fourth-order valence-corrected chi connectivity index (χ4v) is 9.24. The molecule has 0 radical (unpaired) electrons. The van der Waals surface area contributed by atoms with E-state index in [1.54, 1.807) is 0 Å². The minimum Gasteiger partial charge on any atom is -0.338 e. The zero-order chi connectivity index (χ0) is 40.5. The molecule has 4 aromatic heterocycles. The SMILES string of the molecule is Cc1cc(C)c2nc(-c3cnc(N(CCCC4CCN(C)CC4)N(CCCC4CCN(C)CC4)c4ncc(-c5nc6c(C)cc(C)cc6[nH]5)c(C)n4)nc3C)[nH]c2c1. The molecular formula is C46H62N12. The maximum atomic E-state index is 5.25. The Labute approximate surface area is 343 Å². The molecule has 12 nitrogen and oxygen atoms in total. The largest absolute Gasteiger partial charge is 0.338 e. The van der Waals surface area contributed by atoms with Crippen molar-refractivity contribution >= 4 is 34.0 Å². The van der Waals surface area contributed by atoms with Crippen LogP contribution < -0.4 is 10.0 Å². The van der Waals surface area contributed by atoms with Crippen molar-refractivity contribution in [2.75, 3.05) is 63.4 Å². The van der Waals surface area contributed by atoms with Crippen LogP contribution in [0.5, 0.6) is 0 Å². The van der Waals surface area contributed by atoms with Gasteiger partial charge in [0.15, 0.2) is 0 Å². The van der Waals surface area contributed by atoms with Crippen LogP contribution >= 0.6 is 0 Å². The van der Waals surface area contributed by atoms with E-state index in [1.807, 2.05) is 12.4 Å². The van der Waals surface area contributed by atoms with Crippen LogP contribution in [-0.2, 0) is 0 Å². The summed E-state index contributed by atoms with van der Waals surface area (Å²) in [7, 11) is 4.48. The predicted molar refractivity (Wildman–Crippen MR) is 236 cm³/mol. The molecule has 306 valence electrons. The molecule has 0 amide bonds. The van der Waals surface area contributed by atoms with Gasteiger partial charge < -0.3 is 19.8 Å². The third-order valence-corrected chi connectivity index (χ3v) is 12.7. The molecule has 2 aliphatic rings. The summed E-state index contributed by atoms with van der Waals surface area (Å²) in [6.07, 6.45) is 13.3. The summed E-state index contributed by atoms with van der Waals surface area (Å²) in [5.74, 6) is 4.38. The fraction of sp³-hybridized carbons (Fsp3) is 0.522. The first-order chi connectivity index (χ1) is 28.0. The second-order valence-corrected chi connectivity index (χ2v) is 17.5. The van der Waals surface area contributed by atoms with E-state index in [4.69, 9.17) is 29.9 Å². The average Bonchev–Trinajstić information content (AvgIpc) is 3.82. The molecule has 0 unspecified atom stereocenters. The smallest absolute Gasteiger partial charge is 0.244 e. The number of aromatic nitrogens is 8. The number of benzene rings is 2. The van der Waals surface area contributed by atoms with Gasteiger partial charge in [0.25, 0.3) is 0 Å². The normalized spacial score (nSPS) is 16.2. The molecule has 12 heteroatoms. The summed E-state index contributed by atoms with van der Waals surface area (Å²) in [6, 6.07) is 8.67. The van der Waals surface area contributed by atoms with Gasteiger partial charge in [0.2, 0.25) is 11.9 Å². The predicted octanol–water partition coefficient (Wildman–Crippen LogP) is 8.68. The zero-order valence-electron chi connectivity index (χ0n) is 36.0. The molecule has 58 heavy (non-hydrogen) atoms. The molecule has 0 bridgehead atoms. The Hall–Kier alpha value is -4.94. The lowest BCUT2D eigenvalue weighted by Gasteiger charge is -2.36. The highest BCUT2D eigenvalue weighted by Gasteiger charge is 2.26. The van der Waals surface area contributed by atoms with E-state index in [9.17, 15) is 0 Å². The number of anilines is 2. The molecule has 6 heterocycles. The minimum absolute atomic E-state index is 0.667. The van der Waals surface area contributed by atoms with Crippen molar-refractivity contribution in [3.63, 3.8) is 0 Å². The highest BCUT2D eigenvalue weighted by Crippen LogP contribution is 2.31. The van der Waals surface area contributed by atoms with Gasteiger partial charge >= 0.3 is 0 Å². The van der Waals surface area contributed by atoms with E-state index < -0.39 is 0 Å². The summed E-state index contributed by atoms with van der Waals surface area (Å²) in [5.41, 5.74) is 12.4. The number of likely N-dealkylation sites (tertiary alicyclic amines) is 2. The highest BCUT2D eigenvalue weighted by molar-refractivity contribution is 5.84. The third kappa shape index (κ3) is 8.73. The molecule has 2 N–H and O–H groups in total. The molecule has 8 rings (SSSR count). The van der Waals surface area contributed by atoms with Gasteiger partial charge in [-0.1, -0.05) is 12.1 Å². The molecule has 2 fully saturated rings. The van der Waals surface area contributed by atoms with Crippen molar-refractivity contribution in [3.05, 3.63) is 70.3 Å². The zero-order valence-corrected chi connectivity index (χ0v) is 36.0. The second kappa shape index (κ2) is 17.1. The minimum atomic E-state index is 0.667. The number of nitrogens with zero attached hydrogens (tertiary/aromatic N) is 10. The van der Waals surface area contributed by atoms with Crippen LogP contribution in [0.25, 0.3) is 44.8 Å². The van der Waals surface area contributed by atoms with Crippen LogP contribution in [0.3, 0.4) is 0 Å². The van der Waals surface area contributed by atoms with Gasteiger partial charge in [-0.25, -0.2) is 39.9 Å². The fourth-order valence-electron chi connectivity index (χ4n) is 9.24. The van der Waals surface area contributed by atoms with Gasteiger partial charge in [0, 0.05) is 25.5 Å². The number of hydrogen-bond acceptors (Lipinski definition) is 10. The molecular weight excluding hydrogens is 721 g/mol. The lowest BCUT2D eigenvalue weighted by molar-refractivity contribution is 0.209. The van der Waals surface area contributed by atoms with Gasteiger partial charge in [-0.3, -0.25) is 0 Å². The first kappa shape index (κ1) is 39.9. The molecule has 2 aromatic carbocycles. The third-order valence-electron chi connectivity index (χ3n) is 12.7. The van der Waals surface area contributed by atoms with Crippen LogP contribution in [0.1, 0.15) is 85.0 Å². The Kier molecular flexibility index (Phi) is 11.8. The average molecular weight is 783 g/mol. The van der Waals surface area contributed by atoms with Crippen LogP contribution in [-0.4, -0.2) is 103 Å². The maximum Gasteiger partial charge on any atom is 0.244 e.